The number of aryl methyl sites for hydroxylation is 1. The van der Waals surface area contributed by atoms with Gasteiger partial charge in [-0.05, 0) is 49.9 Å². The summed E-state index contributed by atoms with van der Waals surface area (Å²) in [5, 5.41) is 11.9. The van der Waals surface area contributed by atoms with Crippen molar-refractivity contribution in [3.05, 3.63) is 52.8 Å². The molecule has 0 fully saturated rings. The van der Waals surface area contributed by atoms with Gasteiger partial charge in [0.05, 0.1) is 5.56 Å². The number of thioether (sulfide) groups is 1. The number of hydrogen-bond donors (Lipinski definition) is 2. The zero-order valence-electron chi connectivity index (χ0n) is 12.5. The molecule has 22 heavy (non-hydrogen) atoms. The van der Waals surface area contributed by atoms with Crippen LogP contribution < -0.4 is 5.32 Å². The summed E-state index contributed by atoms with van der Waals surface area (Å²) in [4.78, 5) is 28.7. The first-order valence-electron chi connectivity index (χ1n) is 6.60. The van der Waals surface area contributed by atoms with Crippen LogP contribution in [-0.4, -0.2) is 28.2 Å². The Morgan fingerprint density at radius 2 is 1.91 bits per heavy atom. The number of carboxylic acids is 1. The summed E-state index contributed by atoms with van der Waals surface area (Å²) in [5.74, 6) is -1.70. The van der Waals surface area contributed by atoms with E-state index in [1.807, 2.05) is 25.3 Å². The van der Waals surface area contributed by atoms with Crippen molar-refractivity contribution in [1.82, 2.24) is 4.98 Å². The number of benzene rings is 1. The van der Waals surface area contributed by atoms with Crippen LogP contribution in [0.15, 0.2) is 35.2 Å². The van der Waals surface area contributed by atoms with Crippen LogP contribution in [0.5, 0.6) is 0 Å². The molecule has 2 N–H and O–H groups in total. The van der Waals surface area contributed by atoms with Gasteiger partial charge in [-0.25, -0.2) is 9.78 Å². The SMILES string of the molecule is CSc1cccc(NC(=O)c2nc(C)ccc2C(=O)O)c1C. The maximum absolute atomic E-state index is 12.4. The Balaban J connectivity index is 2.38. The normalized spacial score (nSPS) is 10.3. The largest absolute Gasteiger partial charge is 0.478 e. The molecule has 0 aliphatic rings. The predicted molar refractivity (Wildman–Crippen MR) is 86.8 cm³/mol. The third kappa shape index (κ3) is 3.28. The van der Waals surface area contributed by atoms with Crippen molar-refractivity contribution in [2.45, 2.75) is 18.7 Å². The topological polar surface area (TPSA) is 79.3 Å². The van der Waals surface area contributed by atoms with E-state index in [0.717, 1.165) is 10.5 Å². The van der Waals surface area contributed by atoms with Crippen molar-refractivity contribution in [1.29, 1.82) is 0 Å². The molecule has 0 saturated carbocycles. The first-order chi connectivity index (χ1) is 10.4. The Morgan fingerprint density at radius 1 is 1.18 bits per heavy atom. The van der Waals surface area contributed by atoms with Crippen LogP contribution in [0, 0.1) is 13.8 Å². The van der Waals surface area contributed by atoms with Gasteiger partial charge in [-0.2, -0.15) is 0 Å². The molecule has 2 rings (SSSR count). The van der Waals surface area contributed by atoms with Crippen LogP contribution >= 0.6 is 11.8 Å². The molecular formula is C16H16N2O3S. The number of carboxylic acid groups (broad SMARTS) is 1. The van der Waals surface area contributed by atoms with Gasteiger partial charge in [0.15, 0.2) is 0 Å². The summed E-state index contributed by atoms with van der Waals surface area (Å²) in [6, 6.07) is 8.55. The van der Waals surface area contributed by atoms with Crippen molar-refractivity contribution >= 4 is 29.3 Å². The van der Waals surface area contributed by atoms with Gasteiger partial charge in [0.1, 0.15) is 5.69 Å². The van der Waals surface area contributed by atoms with Crippen LogP contribution in [0.25, 0.3) is 0 Å². The minimum Gasteiger partial charge on any atom is -0.478 e. The smallest absolute Gasteiger partial charge is 0.338 e. The molecule has 1 aromatic carbocycles. The fourth-order valence-corrected chi connectivity index (χ4v) is 2.69. The molecule has 0 bridgehead atoms. The third-order valence-electron chi connectivity index (χ3n) is 3.23. The highest BCUT2D eigenvalue weighted by Gasteiger charge is 2.19. The van der Waals surface area contributed by atoms with Crippen molar-refractivity contribution in [3.8, 4) is 0 Å². The monoisotopic (exact) mass is 316 g/mol. The highest BCUT2D eigenvalue weighted by molar-refractivity contribution is 7.98. The average molecular weight is 316 g/mol. The molecule has 5 nitrogen and oxygen atoms in total. The molecule has 1 aromatic heterocycles. The Hall–Kier alpha value is -2.34. The van der Waals surface area contributed by atoms with Gasteiger partial charge < -0.3 is 10.4 Å². The fraction of sp³-hybridized carbons (Fsp3) is 0.188. The second-order valence-electron chi connectivity index (χ2n) is 4.74. The van der Waals surface area contributed by atoms with Crippen molar-refractivity contribution in [2.24, 2.45) is 0 Å². The average Bonchev–Trinajstić information content (AvgIpc) is 2.48. The van der Waals surface area contributed by atoms with Crippen LogP contribution in [0.4, 0.5) is 5.69 Å². The number of carbonyl (C=O) groups excluding carboxylic acids is 1. The van der Waals surface area contributed by atoms with Crippen LogP contribution in [0.2, 0.25) is 0 Å². The lowest BCUT2D eigenvalue weighted by atomic mass is 10.1. The molecule has 0 spiro atoms. The zero-order chi connectivity index (χ0) is 16.3. The number of nitrogens with one attached hydrogen (secondary N) is 1. The molecule has 114 valence electrons. The lowest BCUT2D eigenvalue weighted by Gasteiger charge is -2.12. The van der Waals surface area contributed by atoms with Gasteiger partial charge in [0, 0.05) is 16.3 Å². The standard InChI is InChI=1S/C16H16N2O3S/c1-9-7-8-11(16(20)21)14(17-9)15(19)18-12-5-4-6-13(22-3)10(12)2/h4-8H,1-3H3,(H,18,19)(H,20,21). The number of aromatic nitrogens is 1. The van der Waals surface area contributed by atoms with Crippen molar-refractivity contribution < 1.29 is 14.7 Å². The number of aromatic carboxylic acids is 1. The predicted octanol–water partition coefficient (Wildman–Crippen LogP) is 3.37. The summed E-state index contributed by atoms with van der Waals surface area (Å²) in [5.41, 5.74) is 1.98. The number of amides is 1. The van der Waals surface area contributed by atoms with E-state index in [0.29, 0.717) is 11.4 Å². The van der Waals surface area contributed by atoms with Crippen molar-refractivity contribution in [3.63, 3.8) is 0 Å². The number of nitrogens with zero attached hydrogens (tertiary/aromatic N) is 1. The molecule has 6 heteroatoms. The molecule has 0 saturated heterocycles. The second-order valence-corrected chi connectivity index (χ2v) is 5.59. The summed E-state index contributed by atoms with van der Waals surface area (Å²) in [6.07, 6.45) is 1.96. The third-order valence-corrected chi connectivity index (χ3v) is 4.11. The van der Waals surface area contributed by atoms with Crippen LogP contribution in [0.3, 0.4) is 0 Å². The molecule has 0 aliphatic heterocycles. The van der Waals surface area contributed by atoms with Gasteiger partial charge in [-0.3, -0.25) is 4.79 Å². The highest BCUT2D eigenvalue weighted by Crippen LogP contribution is 2.26. The van der Waals surface area contributed by atoms with E-state index in [1.54, 1.807) is 30.8 Å². The summed E-state index contributed by atoms with van der Waals surface area (Å²) < 4.78 is 0. The van der Waals surface area contributed by atoms with Gasteiger partial charge >= 0.3 is 5.97 Å². The summed E-state index contributed by atoms with van der Waals surface area (Å²) in [7, 11) is 0. The van der Waals surface area contributed by atoms with Crippen LogP contribution in [-0.2, 0) is 0 Å². The Labute approximate surface area is 132 Å². The van der Waals surface area contributed by atoms with Crippen LogP contribution in [0.1, 0.15) is 32.1 Å². The zero-order valence-corrected chi connectivity index (χ0v) is 13.3. The molecule has 2 aromatic rings. The second kappa shape index (κ2) is 6.62. The quantitative estimate of drug-likeness (QED) is 0.845. The first-order valence-corrected chi connectivity index (χ1v) is 7.82. The van der Waals surface area contributed by atoms with Gasteiger partial charge in [-0.1, -0.05) is 6.07 Å². The lowest BCUT2D eigenvalue weighted by molar-refractivity contribution is 0.0691. The summed E-state index contributed by atoms with van der Waals surface area (Å²) in [6.45, 7) is 3.62. The molecule has 1 amide bonds. The van der Waals surface area contributed by atoms with E-state index in [4.69, 9.17) is 0 Å². The Bertz CT molecular complexity index is 744. The van der Waals surface area contributed by atoms with E-state index >= 15 is 0 Å². The van der Waals surface area contributed by atoms with Crippen molar-refractivity contribution in [2.75, 3.05) is 11.6 Å². The molecule has 1 heterocycles. The lowest BCUT2D eigenvalue weighted by Crippen LogP contribution is -2.19. The number of rotatable bonds is 4. The highest BCUT2D eigenvalue weighted by atomic mass is 32.2. The Morgan fingerprint density at radius 3 is 2.55 bits per heavy atom. The van der Waals surface area contributed by atoms with E-state index in [1.165, 1.54) is 6.07 Å². The molecule has 0 radical (unpaired) electrons. The molecular weight excluding hydrogens is 300 g/mol. The van der Waals surface area contributed by atoms with E-state index < -0.39 is 11.9 Å². The first kappa shape index (κ1) is 16.0. The van der Waals surface area contributed by atoms with Gasteiger partial charge in [0.2, 0.25) is 0 Å². The maximum Gasteiger partial charge on any atom is 0.338 e. The maximum atomic E-state index is 12.4. The number of carbonyl (C=O) groups is 2. The van der Waals surface area contributed by atoms with Gasteiger partial charge in [0.25, 0.3) is 5.91 Å². The Kier molecular flexibility index (Phi) is 4.82. The minimum atomic E-state index is -1.17. The number of anilines is 1. The summed E-state index contributed by atoms with van der Waals surface area (Å²) >= 11 is 1.58. The molecule has 0 aliphatic carbocycles. The van der Waals surface area contributed by atoms with E-state index in [2.05, 4.69) is 10.3 Å². The molecule has 0 atom stereocenters. The van der Waals surface area contributed by atoms with E-state index in [-0.39, 0.29) is 11.3 Å². The fourth-order valence-electron chi connectivity index (χ4n) is 2.05. The minimum absolute atomic E-state index is 0.0820. The van der Waals surface area contributed by atoms with E-state index in [9.17, 15) is 14.7 Å². The number of pyridine rings is 1. The number of hydrogen-bond acceptors (Lipinski definition) is 4. The van der Waals surface area contributed by atoms with Gasteiger partial charge in [-0.15, -0.1) is 11.8 Å². The molecule has 0 unspecified atom stereocenters.